The number of amides is 2. The minimum absolute atomic E-state index is 0.156. The molecule has 2 aromatic rings. The molecule has 24 heavy (non-hydrogen) atoms. The Labute approximate surface area is 142 Å². The van der Waals surface area contributed by atoms with E-state index < -0.39 is 6.04 Å². The lowest BCUT2D eigenvalue weighted by Gasteiger charge is -2.19. The zero-order valence-corrected chi connectivity index (χ0v) is 14.5. The van der Waals surface area contributed by atoms with Gasteiger partial charge in [-0.25, -0.2) is 4.90 Å². The zero-order valence-electron chi connectivity index (χ0n) is 14.5. The summed E-state index contributed by atoms with van der Waals surface area (Å²) in [4.78, 5) is 26.6. The van der Waals surface area contributed by atoms with Crippen molar-refractivity contribution in [2.75, 3.05) is 10.2 Å². The quantitative estimate of drug-likeness (QED) is 0.877. The molecule has 1 fully saturated rings. The number of anilines is 2. The molecule has 3 rings (SSSR count). The van der Waals surface area contributed by atoms with Gasteiger partial charge in [-0.2, -0.15) is 0 Å². The van der Waals surface area contributed by atoms with Gasteiger partial charge >= 0.3 is 0 Å². The summed E-state index contributed by atoms with van der Waals surface area (Å²) < 4.78 is 0. The number of benzene rings is 2. The van der Waals surface area contributed by atoms with Crippen LogP contribution in [0.15, 0.2) is 36.4 Å². The molecule has 1 N–H and O–H groups in total. The van der Waals surface area contributed by atoms with Crippen molar-refractivity contribution in [2.45, 2.75) is 40.2 Å². The third-order valence-corrected chi connectivity index (χ3v) is 4.69. The first-order valence-electron chi connectivity index (χ1n) is 8.15. The molecule has 1 aliphatic rings. The van der Waals surface area contributed by atoms with Gasteiger partial charge in [0.1, 0.15) is 6.04 Å². The third-order valence-electron chi connectivity index (χ3n) is 4.69. The second kappa shape index (κ2) is 6.11. The summed E-state index contributed by atoms with van der Waals surface area (Å²) in [6.45, 7) is 7.92. The van der Waals surface area contributed by atoms with Gasteiger partial charge in [-0.05, 0) is 62.1 Å². The highest BCUT2D eigenvalue weighted by Gasteiger charge is 2.40. The maximum absolute atomic E-state index is 12.8. The number of hydrogen-bond donors (Lipinski definition) is 1. The van der Waals surface area contributed by atoms with Crippen molar-refractivity contribution in [2.24, 2.45) is 0 Å². The van der Waals surface area contributed by atoms with Crippen LogP contribution in [-0.2, 0) is 9.59 Å². The van der Waals surface area contributed by atoms with Crippen LogP contribution in [0, 0.1) is 27.7 Å². The molecule has 0 spiro atoms. The van der Waals surface area contributed by atoms with E-state index in [4.69, 9.17) is 0 Å². The van der Waals surface area contributed by atoms with Crippen LogP contribution < -0.4 is 10.2 Å². The van der Waals surface area contributed by atoms with Crippen LogP contribution in [0.5, 0.6) is 0 Å². The largest absolute Gasteiger partial charge is 0.373 e. The Morgan fingerprint density at radius 3 is 2.50 bits per heavy atom. The number of rotatable bonds is 3. The SMILES string of the molecule is Cc1ccc(C)c(N[C@H]2CC(=O)N(c3cccc(C)c3C)C2=O)c1. The number of carbonyl (C=O) groups excluding carboxylic acids is 2. The van der Waals surface area contributed by atoms with Gasteiger partial charge in [-0.15, -0.1) is 0 Å². The molecule has 1 saturated heterocycles. The van der Waals surface area contributed by atoms with Gasteiger partial charge in [0.15, 0.2) is 0 Å². The first kappa shape index (κ1) is 16.2. The van der Waals surface area contributed by atoms with Gasteiger partial charge < -0.3 is 5.32 Å². The lowest BCUT2D eigenvalue weighted by molar-refractivity contribution is -0.121. The Kier molecular flexibility index (Phi) is 4.14. The highest BCUT2D eigenvalue weighted by atomic mass is 16.2. The Balaban J connectivity index is 1.89. The standard InChI is InChI=1S/C20H22N2O2/c1-12-8-9-14(3)16(10-12)21-17-11-19(23)22(20(17)24)18-7-5-6-13(2)15(18)4/h5-10,17,21H,11H2,1-4H3/t17-/m0/s1. The third kappa shape index (κ3) is 2.80. The van der Waals surface area contributed by atoms with E-state index in [1.165, 1.54) is 4.90 Å². The molecule has 0 bridgehead atoms. The molecular weight excluding hydrogens is 300 g/mol. The Morgan fingerprint density at radius 1 is 1.00 bits per heavy atom. The van der Waals surface area contributed by atoms with Crippen LogP contribution in [0.2, 0.25) is 0 Å². The van der Waals surface area contributed by atoms with Crippen LogP contribution in [-0.4, -0.2) is 17.9 Å². The van der Waals surface area contributed by atoms with Gasteiger partial charge in [0.05, 0.1) is 12.1 Å². The summed E-state index contributed by atoms with van der Waals surface area (Å²) >= 11 is 0. The summed E-state index contributed by atoms with van der Waals surface area (Å²) in [7, 11) is 0. The van der Waals surface area contributed by atoms with Crippen molar-refractivity contribution in [1.29, 1.82) is 0 Å². The van der Waals surface area contributed by atoms with Crippen molar-refractivity contribution >= 4 is 23.2 Å². The maximum atomic E-state index is 12.8. The average Bonchev–Trinajstić information content (AvgIpc) is 2.80. The number of aryl methyl sites for hydroxylation is 3. The van der Waals surface area contributed by atoms with Gasteiger partial charge in [0.25, 0.3) is 5.91 Å². The molecule has 0 radical (unpaired) electrons. The number of nitrogens with one attached hydrogen (secondary N) is 1. The predicted molar refractivity (Wildman–Crippen MR) is 96.4 cm³/mol. The molecule has 0 unspecified atom stereocenters. The number of imide groups is 1. The smallest absolute Gasteiger partial charge is 0.256 e. The van der Waals surface area contributed by atoms with Crippen LogP contribution in [0.1, 0.15) is 28.7 Å². The van der Waals surface area contributed by atoms with Gasteiger partial charge in [0.2, 0.25) is 5.91 Å². The Hall–Kier alpha value is -2.62. The topological polar surface area (TPSA) is 49.4 Å². The second-order valence-electron chi connectivity index (χ2n) is 6.51. The molecule has 1 heterocycles. The van der Waals surface area contributed by atoms with Gasteiger partial charge in [-0.1, -0.05) is 24.3 Å². The van der Waals surface area contributed by atoms with E-state index in [-0.39, 0.29) is 18.2 Å². The fourth-order valence-electron chi connectivity index (χ4n) is 3.05. The molecule has 0 aromatic heterocycles. The van der Waals surface area contributed by atoms with E-state index in [0.717, 1.165) is 27.9 Å². The van der Waals surface area contributed by atoms with E-state index in [1.54, 1.807) is 0 Å². The molecular formula is C20H22N2O2. The fourth-order valence-corrected chi connectivity index (χ4v) is 3.05. The monoisotopic (exact) mass is 322 g/mol. The van der Waals surface area contributed by atoms with Crippen LogP contribution in [0.3, 0.4) is 0 Å². The normalized spacial score (nSPS) is 17.5. The fraction of sp³-hybridized carbons (Fsp3) is 0.300. The minimum atomic E-state index is -0.516. The van der Waals surface area contributed by atoms with Crippen LogP contribution >= 0.6 is 0 Å². The highest BCUT2D eigenvalue weighted by molar-refractivity contribution is 6.23. The molecule has 2 aromatic carbocycles. The molecule has 124 valence electrons. The van der Waals surface area contributed by atoms with Crippen molar-refractivity contribution < 1.29 is 9.59 Å². The average molecular weight is 322 g/mol. The van der Waals surface area contributed by atoms with Crippen LogP contribution in [0.4, 0.5) is 11.4 Å². The predicted octanol–water partition coefficient (Wildman–Crippen LogP) is 3.66. The Bertz CT molecular complexity index is 826. The summed E-state index contributed by atoms with van der Waals surface area (Å²) in [6, 6.07) is 11.2. The lowest BCUT2D eigenvalue weighted by Crippen LogP contribution is -2.35. The first-order chi connectivity index (χ1) is 11.4. The van der Waals surface area contributed by atoms with Gasteiger partial charge in [-0.3, -0.25) is 9.59 Å². The number of hydrogen-bond acceptors (Lipinski definition) is 3. The van der Waals surface area contributed by atoms with Crippen LogP contribution in [0.25, 0.3) is 0 Å². The highest BCUT2D eigenvalue weighted by Crippen LogP contribution is 2.29. The summed E-state index contributed by atoms with van der Waals surface area (Å²) in [5.41, 5.74) is 5.81. The molecule has 4 heteroatoms. The van der Waals surface area contributed by atoms with Crippen molar-refractivity contribution in [3.63, 3.8) is 0 Å². The zero-order chi connectivity index (χ0) is 17.4. The first-order valence-corrected chi connectivity index (χ1v) is 8.15. The van der Waals surface area contributed by atoms with Crippen molar-refractivity contribution in [1.82, 2.24) is 0 Å². The maximum Gasteiger partial charge on any atom is 0.256 e. The molecule has 2 amide bonds. The van der Waals surface area contributed by atoms with E-state index in [1.807, 2.05) is 64.1 Å². The number of nitrogens with zero attached hydrogens (tertiary/aromatic N) is 1. The van der Waals surface area contributed by atoms with Gasteiger partial charge in [0, 0.05) is 5.69 Å². The molecule has 0 saturated carbocycles. The van der Waals surface area contributed by atoms with Crippen molar-refractivity contribution in [3.8, 4) is 0 Å². The molecule has 1 atom stereocenters. The lowest BCUT2D eigenvalue weighted by atomic mass is 10.1. The molecule has 0 aliphatic carbocycles. The molecule has 1 aliphatic heterocycles. The van der Waals surface area contributed by atoms with E-state index >= 15 is 0 Å². The van der Waals surface area contributed by atoms with E-state index in [2.05, 4.69) is 5.32 Å². The molecule has 4 nitrogen and oxygen atoms in total. The van der Waals surface area contributed by atoms with E-state index in [9.17, 15) is 9.59 Å². The summed E-state index contributed by atoms with van der Waals surface area (Å²) in [5.74, 6) is -0.342. The number of carbonyl (C=O) groups is 2. The second-order valence-corrected chi connectivity index (χ2v) is 6.51. The van der Waals surface area contributed by atoms with E-state index in [0.29, 0.717) is 5.69 Å². The Morgan fingerprint density at radius 2 is 1.75 bits per heavy atom. The minimum Gasteiger partial charge on any atom is -0.373 e. The summed E-state index contributed by atoms with van der Waals surface area (Å²) in [5, 5.41) is 3.25. The van der Waals surface area contributed by atoms with Crippen molar-refractivity contribution in [3.05, 3.63) is 58.7 Å². The summed E-state index contributed by atoms with van der Waals surface area (Å²) in [6.07, 6.45) is 0.180.